The summed E-state index contributed by atoms with van der Waals surface area (Å²) in [5, 5.41) is 9.19. The van der Waals surface area contributed by atoms with E-state index in [2.05, 4.69) is 0 Å². The maximum atomic E-state index is 13.6. The van der Waals surface area contributed by atoms with Crippen molar-refractivity contribution in [3.05, 3.63) is 34.6 Å². The highest BCUT2D eigenvalue weighted by molar-refractivity contribution is 6.30. The summed E-state index contributed by atoms with van der Waals surface area (Å²) in [5.41, 5.74) is 0.506. The summed E-state index contributed by atoms with van der Waals surface area (Å²) >= 11 is 5.71. The number of hydrogen-bond donors (Lipinski definition) is 1. The van der Waals surface area contributed by atoms with Crippen LogP contribution in [0.15, 0.2) is 18.2 Å². The highest BCUT2D eigenvalue weighted by Crippen LogP contribution is 2.27. The molecular formula is C14H18ClFO2. The van der Waals surface area contributed by atoms with Gasteiger partial charge in [-0.3, -0.25) is 0 Å². The van der Waals surface area contributed by atoms with Gasteiger partial charge in [0.1, 0.15) is 5.82 Å². The van der Waals surface area contributed by atoms with E-state index in [9.17, 15) is 4.39 Å². The summed E-state index contributed by atoms with van der Waals surface area (Å²) in [4.78, 5) is 0. The molecule has 0 saturated heterocycles. The lowest BCUT2D eigenvalue weighted by atomic mass is 9.88. The van der Waals surface area contributed by atoms with E-state index in [4.69, 9.17) is 21.4 Å². The lowest BCUT2D eigenvalue weighted by Crippen LogP contribution is -2.23. The molecule has 0 radical (unpaired) electrons. The molecule has 1 saturated carbocycles. The molecule has 18 heavy (non-hydrogen) atoms. The van der Waals surface area contributed by atoms with Gasteiger partial charge < -0.3 is 9.84 Å². The van der Waals surface area contributed by atoms with E-state index in [1.165, 1.54) is 6.07 Å². The van der Waals surface area contributed by atoms with Gasteiger partial charge in [-0.05, 0) is 37.7 Å². The average molecular weight is 273 g/mol. The molecule has 1 fully saturated rings. The quantitative estimate of drug-likeness (QED) is 0.908. The zero-order chi connectivity index (χ0) is 13.0. The Labute approximate surface area is 112 Å². The third-order valence-electron chi connectivity index (χ3n) is 3.56. The summed E-state index contributed by atoms with van der Waals surface area (Å²) in [6.07, 6.45) is 4.02. The van der Waals surface area contributed by atoms with Crippen molar-refractivity contribution in [2.45, 2.75) is 38.4 Å². The molecule has 1 N–H and O–H groups in total. The summed E-state index contributed by atoms with van der Waals surface area (Å²) < 4.78 is 19.3. The maximum absolute atomic E-state index is 13.6. The van der Waals surface area contributed by atoms with Crippen LogP contribution in [-0.2, 0) is 11.3 Å². The number of benzene rings is 1. The molecule has 0 aliphatic heterocycles. The Bertz CT molecular complexity index is 389. The first-order chi connectivity index (χ1) is 8.70. The van der Waals surface area contributed by atoms with E-state index in [-0.39, 0.29) is 30.2 Å². The Hall–Kier alpha value is -0.640. The molecule has 100 valence electrons. The van der Waals surface area contributed by atoms with E-state index in [1.54, 1.807) is 12.1 Å². The average Bonchev–Trinajstić information content (AvgIpc) is 2.41. The number of aliphatic hydroxyl groups excluding tert-OH is 1. The molecule has 1 aliphatic carbocycles. The first-order valence-corrected chi connectivity index (χ1v) is 6.74. The Kier molecular flexibility index (Phi) is 4.98. The van der Waals surface area contributed by atoms with Gasteiger partial charge in [-0.25, -0.2) is 4.39 Å². The van der Waals surface area contributed by atoms with Crippen LogP contribution in [0.5, 0.6) is 0 Å². The minimum atomic E-state index is -0.386. The van der Waals surface area contributed by atoms with E-state index < -0.39 is 0 Å². The number of aliphatic hydroxyl groups is 1. The molecule has 4 heteroatoms. The van der Waals surface area contributed by atoms with Crippen molar-refractivity contribution in [3.63, 3.8) is 0 Å². The fourth-order valence-electron chi connectivity index (χ4n) is 2.35. The van der Waals surface area contributed by atoms with Crippen molar-refractivity contribution >= 4 is 11.6 Å². The maximum Gasteiger partial charge on any atom is 0.147 e. The van der Waals surface area contributed by atoms with Gasteiger partial charge in [0.15, 0.2) is 0 Å². The van der Waals surface area contributed by atoms with Crippen molar-refractivity contribution in [1.29, 1.82) is 0 Å². The van der Waals surface area contributed by atoms with Crippen molar-refractivity contribution in [2.24, 2.45) is 5.92 Å². The van der Waals surface area contributed by atoms with Crippen LogP contribution in [0.3, 0.4) is 0 Å². The molecule has 0 spiro atoms. The molecule has 1 aromatic rings. The number of rotatable bonds is 4. The predicted molar refractivity (Wildman–Crippen MR) is 69.0 cm³/mol. The zero-order valence-electron chi connectivity index (χ0n) is 10.2. The molecule has 2 nitrogen and oxygen atoms in total. The summed E-state index contributed by atoms with van der Waals surface area (Å²) in [6.45, 7) is 0.524. The van der Waals surface area contributed by atoms with Gasteiger partial charge in [0, 0.05) is 12.2 Å². The Balaban J connectivity index is 1.83. The van der Waals surface area contributed by atoms with E-state index in [0.29, 0.717) is 11.5 Å². The van der Waals surface area contributed by atoms with Crippen molar-refractivity contribution in [3.8, 4) is 0 Å². The normalized spacial score (nSPS) is 24.2. The highest BCUT2D eigenvalue weighted by atomic mass is 35.5. The van der Waals surface area contributed by atoms with Crippen LogP contribution >= 0.6 is 11.6 Å². The number of halogens is 2. The van der Waals surface area contributed by atoms with Gasteiger partial charge in [-0.1, -0.05) is 23.7 Å². The third kappa shape index (κ3) is 3.44. The van der Waals surface area contributed by atoms with Crippen molar-refractivity contribution in [2.75, 3.05) is 6.61 Å². The first kappa shape index (κ1) is 13.8. The second-order valence-electron chi connectivity index (χ2n) is 4.85. The summed E-state index contributed by atoms with van der Waals surface area (Å²) in [7, 11) is 0. The van der Waals surface area contributed by atoms with Gasteiger partial charge in [-0.2, -0.15) is 0 Å². The predicted octanol–water partition coefficient (Wildman–Crippen LogP) is 3.55. The number of ether oxygens (including phenoxy) is 1. The number of hydrogen-bond acceptors (Lipinski definition) is 2. The highest BCUT2D eigenvalue weighted by Gasteiger charge is 2.21. The first-order valence-electron chi connectivity index (χ1n) is 6.36. The topological polar surface area (TPSA) is 29.5 Å². The van der Waals surface area contributed by atoms with Crippen molar-refractivity contribution in [1.82, 2.24) is 0 Å². The van der Waals surface area contributed by atoms with Crippen LogP contribution < -0.4 is 0 Å². The summed E-state index contributed by atoms with van der Waals surface area (Å²) in [5.74, 6) is 0.0240. The smallest absolute Gasteiger partial charge is 0.147 e. The van der Waals surface area contributed by atoms with E-state index in [0.717, 1.165) is 25.7 Å². The third-order valence-corrected chi connectivity index (χ3v) is 3.85. The van der Waals surface area contributed by atoms with Crippen LogP contribution in [-0.4, -0.2) is 17.8 Å². The van der Waals surface area contributed by atoms with Gasteiger partial charge >= 0.3 is 0 Å². The van der Waals surface area contributed by atoms with E-state index >= 15 is 0 Å². The minimum Gasteiger partial charge on any atom is -0.396 e. The van der Waals surface area contributed by atoms with Crippen LogP contribution in [0, 0.1) is 11.7 Å². The van der Waals surface area contributed by atoms with Gasteiger partial charge in [0.05, 0.1) is 17.7 Å². The minimum absolute atomic E-state index is 0.139. The van der Waals surface area contributed by atoms with Gasteiger partial charge in [0.25, 0.3) is 0 Å². The Morgan fingerprint density at radius 1 is 1.28 bits per heavy atom. The van der Waals surface area contributed by atoms with Crippen LogP contribution in [0.2, 0.25) is 5.02 Å². The van der Waals surface area contributed by atoms with Crippen LogP contribution in [0.1, 0.15) is 31.2 Å². The van der Waals surface area contributed by atoms with Gasteiger partial charge in [-0.15, -0.1) is 0 Å². The Morgan fingerprint density at radius 2 is 2.00 bits per heavy atom. The summed E-state index contributed by atoms with van der Waals surface area (Å²) in [6, 6.07) is 4.96. The lowest BCUT2D eigenvalue weighted by Gasteiger charge is -2.27. The van der Waals surface area contributed by atoms with Crippen LogP contribution in [0.4, 0.5) is 4.39 Å². The molecule has 0 aromatic heterocycles. The second kappa shape index (κ2) is 6.50. The van der Waals surface area contributed by atoms with Crippen LogP contribution in [0.25, 0.3) is 0 Å². The second-order valence-corrected chi connectivity index (χ2v) is 5.26. The molecule has 0 amide bonds. The lowest BCUT2D eigenvalue weighted by molar-refractivity contribution is 0.000156. The molecule has 1 aliphatic rings. The standard InChI is InChI=1S/C14H18ClFO2/c15-13-3-1-2-11(14(13)16)9-18-12-6-4-10(8-17)5-7-12/h1-3,10,12,17H,4-9H2. The molecule has 0 bridgehead atoms. The molecule has 0 unspecified atom stereocenters. The fourth-order valence-corrected chi connectivity index (χ4v) is 2.54. The molecule has 2 rings (SSSR count). The largest absolute Gasteiger partial charge is 0.396 e. The zero-order valence-corrected chi connectivity index (χ0v) is 11.0. The molecule has 1 aromatic carbocycles. The monoisotopic (exact) mass is 272 g/mol. The Morgan fingerprint density at radius 3 is 2.67 bits per heavy atom. The molecule has 0 atom stereocenters. The van der Waals surface area contributed by atoms with Gasteiger partial charge in [0.2, 0.25) is 0 Å². The van der Waals surface area contributed by atoms with Crippen molar-refractivity contribution < 1.29 is 14.2 Å². The fraction of sp³-hybridized carbons (Fsp3) is 0.571. The molecule has 0 heterocycles. The van der Waals surface area contributed by atoms with E-state index in [1.807, 2.05) is 0 Å². The SMILES string of the molecule is OCC1CCC(OCc2cccc(Cl)c2F)CC1. The molecular weight excluding hydrogens is 255 g/mol.